The topological polar surface area (TPSA) is 54.2 Å². The summed E-state index contributed by atoms with van der Waals surface area (Å²) in [6.45, 7) is 4.03. The molecule has 2 aromatic rings. The molecule has 1 aromatic heterocycles. The first-order valence-electron chi connectivity index (χ1n) is 8.77. The van der Waals surface area contributed by atoms with Crippen LogP contribution in [0.2, 0.25) is 0 Å². The minimum absolute atomic E-state index is 0. The second-order valence-electron chi connectivity index (χ2n) is 6.59. The summed E-state index contributed by atoms with van der Waals surface area (Å²) in [4.78, 5) is 8.51. The molecule has 2 N–H and O–H groups in total. The number of guanidine groups is 1. The fourth-order valence-electron chi connectivity index (χ4n) is 3.32. The van der Waals surface area contributed by atoms with E-state index in [9.17, 15) is 0 Å². The van der Waals surface area contributed by atoms with Crippen molar-refractivity contribution in [2.24, 2.45) is 10.4 Å². The Morgan fingerprint density at radius 1 is 1.28 bits per heavy atom. The minimum atomic E-state index is 0. The maximum Gasteiger partial charge on any atom is 0.191 e. The van der Waals surface area contributed by atoms with E-state index >= 15 is 0 Å². The molecule has 0 radical (unpaired) electrons. The van der Waals surface area contributed by atoms with Gasteiger partial charge in [0.1, 0.15) is 0 Å². The molecular formula is C19H28IN5. The largest absolute Gasteiger partial charge is 0.356 e. The minimum Gasteiger partial charge on any atom is -0.356 e. The molecule has 25 heavy (non-hydrogen) atoms. The zero-order valence-corrected chi connectivity index (χ0v) is 17.4. The number of hydrogen-bond donors (Lipinski definition) is 2. The van der Waals surface area contributed by atoms with E-state index in [1.54, 1.807) is 6.20 Å². The van der Waals surface area contributed by atoms with Crippen LogP contribution in [0.1, 0.15) is 38.2 Å². The molecular weight excluding hydrogens is 425 g/mol. The number of imidazole rings is 1. The van der Waals surface area contributed by atoms with E-state index in [1.807, 2.05) is 30.2 Å². The second kappa shape index (κ2) is 9.22. The zero-order chi connectivity index (χ0) is 16.8. The van der Waals surface area contributed by atoms with Crippen molar-refractivity contribution < 1.29 is 0 Å². The third-order valence-electron chi connectivity index (χ3n) is 5.24. The van der Waals surface area contributed by atoms with Gasteiger partial charge in [-0.25, -0.2) is 4.98 Å². The van der Waals surface area contributed by atoms with Crippen molar-refractivity contribution in [2.45, 2.75) is 39.2 Å². The number of nitrogens with one attached hydrogen (secondary N) is 2. The van der Waals surface area contributed by atoms with Crippen molar-refractivity contribution in [3.63, 3.8) is 0 Å². The highest BCUT2D eigenvalue weighted by molar-refractivity contribution is 14.0. The van der Waals surface area contributed by atoms with Crippen molar-refractivity contribution in [1.82, 2.24) is 20.2 Å². The molecule has 5 nitrogen and oxygen atoms in total. The molecule has 0 aliphatic heterocycles. The van der Waals surface area contributed by atoms with Crippen LogP contribution >= 0.6 is 24.0 Å². The summed E-state index contributed by atoms with van der Waals surface area (Å²) in [6, 6.07) is 8.35. The van der Waals surface area contributed by atoms with Gasteiger partial charge in [-0.3, -0.25) is 4.99 Å². The zero-order valence-electron chi connectivity index (χ0n) is 15.0. The predicted molar refractivity (Wildman–Crippen MR) is 114 cm³/mol. The average molecular weight is 453 g/mol. The Hall–Kier alpha value is -1.57. The molecule has 0 saturated heterocycles. The lowest BCUT2D eigenvalue weighted by Crippen LogP contribution is -2.46. The lowest BCUT2D eigenvalue weighted by Gasteiger charge is -2.41. The third kappa shape index (κ3) is 4.74. The van der Waals surface area contributed by atoms with Crippen molar-refractivity contribution in [2.75, 3.05) is 13.6 Å². The maximum atomic E-state index is 4.37. The maximum absolute atomic E-state index is 4.37. The Bertz CT molecular complexity index is 671. The molecule has 1 saturated carbocycles. The summed E-state index contributed by atoms with van der Waals surface area (Å²) in [5, 5.41) is 6.95. The van der Waals surface area contributed by atoms with Gasteiger partial charge < -0.3 is 15.2 Å². The molecule has 0 unspecified atom stereocenters. The number of halogens is 1. The van der Waals surface area contributed by atoms with Gasteiger partial charge in [-0.05, 0) is 36.3 Å². The van der Waals surface area contributed by atoms with Gasteiger partial charge in [0.05, 0.1) is 12.0 Å². The number of rotatable bonds is 6. The van der Waals surface area contributed by atoms with E-state index in [0.717, 1.165) is 24.7 Å². The molecule has 1 fully saturated rings. The third-order valence-corrected chi connectivity index (χ3v) is 5.24. The Morgan fingerprint density at radius 2 is 2.08 bits per heavy atom. The van der Waals surface area contributed by atoms with E-state index in [-0.39, 0.29) is 24.0 Å². The Balaban J connectivity index is 0.00000225. The molecule has 1 aromatic carbocycles. The van der Waals surface area contributed by atoms with Gasteiger partial charge in [-0.2, -0.15) is 0 Å². The monoisotopic (exact) mass is 453 g/mol. The van der Waals surface area contributed by atoms with Crippen LogP contribution in [-0.4, -0.2) is 29.1 Å². The molecule has 6 heteroatoms. The van der Waals surface area contributed by atoms with Gasteiger partial charge in [-0.15, -0.1) is 24.0 Å². The van der Waals surface area contributed by atoms with Crippen LogP contribution in [0.3, 0.4) is 0 Å². The van der Waals surface area contributed by atoms with Crippen LogP contribution in [0.5, 0.6) is 0 Å². The van der Waals surface area contributed by atoms with Gasteiger partial charge in [0, 0.05) is 32.5 Å². The SMILES string of the molecule is CCC1(CNC(=NC)NCc2ccccc2-n2ccnc2)CCC1.I. The molecule has 0 bridgehead atoms. The number of nitrogens with zero attached hydrogens (tertiary/aromatic N) is 3. The summed E-state index contributed by atoms with van der Waals surface area (Å²) in [6.07, 6.45) is 10.8. The summed E-state index contributed by atoms with van der Waals surface area (Å²) >= 11 is 0. The number of aliphatic imine (C=N–C) groups is 1. The van der Waals surface area contributed by atoms with Crippen molar-refractivity contribution in [1.29, 1.82) is 0 Å². The van der Waals surface area contributed by atoms with Crippen LogP contribution in [-0.2, 0) is 6.54 Å². The van der Waals surface area contributed by atoms with Crippen molar-refractivity contribution in [3.8, 4) is 5.69 Å². The molecule has 0 spiro atoms. The van der Waals surface area contributed by atoms with E-state index in [1.165, 1.54) is 31.2 Å². The van der Waals surface area contributed by atoms with Crippen molar-refractivity contribution >= 4 is 29.9 Å². The highest BCUT2D eigenvalue weighted by Gasteiger charge is 2.34. The summed E-state index contributed by atoms with van der Waals surface area (Å²) < 4.78 is 2.04. The smallest absolute Gasteiger partial charge is 0.191 e. The number of hydrogen-bond acceptors (Lipinski definition) is 2. The first-order valence-corrected chi connectivity index (χ1v) is 8.77. The standard InChI is InChI=1S/C19H27N5.HI/c1-3-19(9-6-10-19)14-23-18(20-2)22-13-16-7-4-5-8-17(16)24-12-11-21-15-24;/h4-5,7-8,11-12,15H,3,6,9-10,13-14H2,1-2H3,(H2,20,22,23);1H. The Labute approximate surface area is 167 Å². The molecule has 1 aliphatic carbocycles. The summed E-state index contributed by atoms with van der Waals surface area (Å²) in [5.74, 6) is 0.871. The van der Waals surface area contributed by atoms with Gasteiger partial charge in [0.15, 0.2) is 5.96 Å². The van der Waals surface area contributed by atoms with Crippen LogP contribution in [0, 0.1) is 5.41 Å². The van der Waals surface area contributed by atoms with Crippen LogP contribution < -0.4 is 10.6 Å². The van der Waals surface area contributed by atoms with Gasteiger partial charge in [0.2, 0.25) is 0 Å². The van der Waals surface area contributed by atoms with Gasteiger partial charge in [-0.1, -0.05) is 31.5 Å². The number of benzene rings is 1. The highest BCUT2D eigenvalue weighted by Crippen LogP contribution is 2.42. The molecule has 1 heterocycles. The summed E-state index contributed by atoms with van der Waals surface area (Å²) in [7, 11) is 1.83. The Kier molecular flexibility index (Phi) is 7.28. The molecule has 3 rings (SSSR count). The lowest BCUT2D eigenvalue weighted by atomic mass is 9.67. The molecule has 1 aliphatic rings. The molecule has 136 valence electrons. The van der Waals surface area contributed by atoms with E-state index in [2.05, 4.69) is 45.7 Å². The fraction of sp³-hybridized carbons (Fsp3) is 0.474. The molecule has 0 amide bonds. The van der Waals surface area contributed by atoms with E-state index in [4.69, 9.17) is 0 Å². The quantitative estimate of drug-likeness (QED) is 0.398. The normalized spacial score (nSPS) is 15.8. The van der Waals surface area contributed by atoms with Gasteiger partial charge >= 0.3 is 0 Å². The molecule has 0 atom stereocenters. The first kappa shape index (κ1) is 19.8. The Morgan fingerprint density at radius 3 is 2.68 bits per heavy atom. The number of aromatic nitrogens is 2. The second-order valence-corrected chi connectivity index (χ2v) is 6.59. The van der Waals surface area contributed by atoms with Crippen LogP contribution in [0.4, 0.5) is 0 Å². The summed E-state index contributed by atoms with van der Waals surface area (Å²) in [5.41, 5.74) is 2.83. The predicted octanol–water partition coefficient (Wildman–Crippen LogP) is 3.74. The fourth-order valence-corrected chi connectivity index (χ4v) is 3.32. The van der Waals surface area contributed by atoms with Crippen LogP contribution in [0.25, 0.3) is 5.69 Å². The van der Waals surface area contributed by atoms with Crippen molar-refractivity contribution in [3.05, 3.63) is 48.5 Å². The van der Waals surface area contributed by atoms with Gasteiger partial charge in [0.25, 0.3) is 0 Å². The van der Waals surface area contributed by atoms with E-state index in [0.29, 0.717) is 5.41 Å². The average Bonchev–Trinajstić information content (AvgIpc) is 3.11. The first-order chi connectivity index (χ1) is 11.8. The van der Waals surface area contributed by atoms with Crippen LogP contribution in [0.15, 0.2) is 48.0 Å². The number of para-hydroxylation sites is 1. The highest BCUT2D eigenvalue weighted by atomic mass is 127. The van der Waals surface area contributed by atoms with E-state index < -0.39 is 0 Å². The lowest BCUT2D eigenvalue weighted by molar-refractivity contribution is 0.131.